The Morgan fingerprint density at radius 1 is 0.897 bits per heavy atom. The minimum Gasteiger partial charge on any atom is -0.341 e. The summed E-state index contributed by atoms with van der Waals surface area (Å²) in [6, 6.07) is 2.05. The van der Waals surface area contributed by atoms with Crippen LogP contribution in [0.3, 0.4) is 0 Å². The highest BCUT2D eigenvalue weighted by atomic mass is 32.2. The molecule has 1 amide bonds. The number of nitrogens with zero attached hydrogens (tertiary/aromatic N) is 3. The third-order valence-electron chi connectivity index (χ3n) is 6.73. The van der Waals surface area contributed by atoms with Crippen molar-refractivity contribution < 1.29 is 13.2 Å². The number of piperidine rings is 1. The van der Waals surface area contributed by atoms with Gasteiger partial charge in [0.25, 0.3) is 0 Å². The minimum absolute atomic E-state index is 0.0636. The summed E-state index contributed by atoms with van der Waals surface area (Å²) in [6.45, 7) is 12.0. The first kappa shape index (κ1) is 22.2. The summed E-state index contributed by atoms with van der Waals surface area (Å²) in [4.78, 5) is 17.7. The molecule has 2 aliphatic rings. The van der Waals surface area contributed by atoms with E-state index in [2.05, 4.69) is 11.9 Å². The lowest BCUT2D eigenvalue weighted by Gasteiger charge is -2.34. The quantitative estimate of drug-likeness (QED) is 0.752. The third-order valence-corrected chi connectivity index (χ3v) is 8.90. The molecule has 0 aliphatic carbocycles. The van der Waals surface area contributed by atoms with Crippen molar-refractivity contribution in [2.45, 2.75) is 51.9 Å². The predicted octanol–water partition coefficient (Wildman–Crippen LogP) is 2.49. The summed E-state index contributed by atoms with van der Waals surface area (Å²) in [5.74, 6) is 0.141. The number of carbonyl (C=O) groups is 1. The fraction of sp³-hybridized carbons (Fsp3) is 0.682. The van der Waals surface area contributed by atoms with Crippen LogP contribution in [0, 0.1) is 33.6 Å². The summed E-state index contributed by atoms with van der Waals surface area (Å²) >= 11 is 0. The number of rotatable bonds is 3. The van der Waals surface area contributed by atoms with Crippen LogP contribution >= 0.6 is 0 Å². The van der Waals surface area contributed by atoms with E-state index < -0.39 is 10.0 Å². The van der Waals surface area contributed by atoms with Gasteiger partial charge in [0.05, 0.1) is 4.90 Å². The molecule has 0 unspecified atom stereocenters. The standard InChI is InChI=1S/C22H35N3O3S/c1-16-15-17(2)19(4)21(18(16)3)29(27,28)25-11-7-20(8-12-25)22(26)24-10-6-9-23(5)13-14-24/h15,20H,6-14H2,1-5H3. The molecule has 1 aromatic rings. The smallest absolute Gasteiger partial charge is 0.243 e. The molecule has 7 heteroatoms. The van der Waals surface area contributed by atoms with Crippen LogP contribution < -0.4 is 0 Å². The summed E-state index contributed by atoms with van der Waals surface area (Å²) < 4.78 is 28.4. The van der Waals surface area contributed by atoms with E-state index in [9.17, 15) is 13.2 Å². The van der Waals surface area contributed by atoms with Crippen LogP contribution in [0.4, 0.5) is 0 Å². The van der Waals surface area contributed by atoms with Crippen molar-refractivity contribution in [2.75, 3.05) is 46.3 Å². The Balaban J connectivity index is 1.71. The predicted molar refractivity (Wildman–Crippen MR) is 116 cm³/mol. The summed E-state index contributed by atoms with van der Waals surface area (Å²) in [5, 5.41) is 0. The molecule has 1 aromatic carbocycles. The number of sulfonamides is 1. The zero-order chi connectivity index (χ0) is 21.3. The first-order valence-electron chi connectivity index (χ1n) is 10.7. The van der Waals surface area contributed by atoms with E-state index >= 15 is 0 Å². The Morgan fingerprint density at radius 2 is 1.48 bits per heavy atom. The zero-order valence-corrected chi connectivity index (χ0v) is 19.3. The van der Waals surface area contributed by atoms with Crippen LogP contribution in [0.15, 0.2) is 11.0 Å². The number of likely N-dealkylation sites (N-methyl/N-ethyl adjacent to an activating group) is 1. The molecule has 0 bridgehead atoms. The summed E-state index contributed by atoms with van der Waals surface area (Å²) in [6.07, 6.45) is 2.21. The van der Waals surface area contributed by atoms with Crippen molar-refractivity contribution in [3.8, 4) is 0 Å². The highest BCUT2D eigenvalue weighted by Gasteiger charge is 2.35. The lowest BCUT2D eigenvalue weighted by Crippen LogP contribution is -2.45. The molecular formula is C22H35N3O3S. The van der Waals surface area contributed by atoms with Gasteiger partial charge in [-0.1, -0.05) is 6.07 Å². The lowest BCUT2D eigenvalue weighted by atomic mass is 9.96. The number of hydrogen-bond acceptors (Lipinski definition) is 4. The van der Waals surface area contributed by atoms with Crippen molar-refractivity contribution in [3.05, 3.63) is 28.3 Å². The second-order valence-electron chi connectivity index (χ2n) is 8.75. The van der Waals surface area contributed by atoms with Gasteiger partial charge in [-0.2, -0.15) is 4.31 Å². The average molecular weight is 422 g/mol. The Labute approximate surface area is 175 Å². The maximum absolute atomic E-state index is 13.4. The highest BCUT2D eigenvalue weighted by Crippen LogP contribution is 2.31. The van der Waals surface area contributed by atoms with E-state index in [0.717, 1.165) is 54.9 Å². The number of hydrogen-bond donors (Lipinski definition) is 0. The van der Waals surface area contributed by atoms with Gasteiger partial charge in [-0.3, -0.25) is 4.79 Å². The Kier molecular flexibility index (Phi) is 6.70. The topological polar surface area (TPSA) is 60.9 Å². The van der Waals surface area contributed by atoms with Crippen LogP contribution in [0.25, 0.3) is 0 Å². The Hall–Kier alpha value is -1.44. The van der Waals surface area contributed by atoms with Crippen molar-refractivity contribution in [1.29, 1.82) is 0 Å². The van der Waals surface area contributed by atoms with E-state index in [1.165, 1.54) is 0 Å². The molecule has 0 atom stereocenters. The first-order chi connectivity index (χ1) is 13.6. The van der Waals surface area contributed by atoms with Crippen LogP contribution in [0.2, 0.25) is 0 Å². The largest absolute Gasteiger partial charge is 0.341 e. The van der Waals surface area contributed by atoms with E-state index in [1.54, 1.807) is 4.31 Å². The van der Waals surface area contributed by atoms with Gasteiger partial charge in [-0.25, -0.2) is 8.42 Å². The van der Waals surface area contributed by atoms with E-state index in [-0.39, 0.29) is 11.8 Å². The van der Waals surface area contributed by atoms with E-state index in [0.29, 0.717) is 30.8 Å². The fourth-order valence-electron chi connectivity index (χ4n) is 4.56. The molecule has 2 heterocycles. The number of aryl methyl sites for hydroxylation is 2. The molecule has 3 rings (SSSR count). The zero-order valence-electron chi connectivity index (χ0n) is 18.5. The van der Waals surface area contributed by atoms with Crippen molar-refractivity contribution >= 4 is 15.9 Å². The molecule has 2 fully saturated rings. The van der Waals surface area contributed by atoms with Crippen molar-refractivity contribution in [3.63, 3.8) is 0 Å². The van der Waals surface area contributed by atoms with E-state index in [4.69, 9.17) is 0 Å². The minimum atomic E-state index is -3.55. The maximum atomic E-state index is 13.4. The first-order valence-corrected chi connectivity index (χ1v) is 12.1. The van der Waals surface area contributed by atoms with Gasteiger partial charge in [0, 0.05) is 38.6 Å². The normalized spacial score (nSPS) is 20.7. The molecule has 0 aromatic heterocycles. The summed E-state index contributed by atoms with van der Waals surface area (Å²) in [5.41, 5.74) is 3.67. The molecule has 0 radical (unpaired) electrons. The number of benzene rings is 1. The molecule has 0 saturated carbocycles. The van der Waals surface area contributed by atoms with Gasteiger partial charge in [-0.15, -0.1) is 0 Å². The molecule has 29 heavy (non-hydrogen) atoms. The summed E-state index contributed by atoms with van der Waals surface area (Å²) in [7, 11) is -1.46. The average Bonchev–Trinajstić information content (AvgIpc) is 2.90. The van der Waals surface area contributed by atoms with E-state index in [1.807, 2.05) is 38.7 Å². The monoisotopic (exact) mass is 421 g/mol. The molecule has 2 saturated heterocycles. The van der Waals surface area contributed by atoms with Crippen molar-refractivity contribution in [2.24, 2.45) is 5.92 Å². The molecule has 2 aliphatic heterocycles. The second kappa shape index (κ2) is 8.74. The lowest BCUT2D eigenvalue weighted by molar-refractivity contribution is -0.136. The Bertz CT molecular complexity index is 848. The number of carbonyl (C=O) groups excluding carboxylic acids is 1. The third kappa shape index (κ3) is 4.52. The van der Waals surface area contributed by atoms with Gasteiger partial charge in [-0.05, 0) is 82.8 Å². The SMILES string of the molecule is Cc1cc(C)c(C)c(S(=O)(=O)N2CCC(C(=O)N3CCCN(C)CC3)CC2)c1C. The molecule has 6 nitrogen and oxygen atoms in total. The fourth-order valence-corrected chi connectivity index (χ4v) is 6.61. The highest BCUT2D eigenvalue weighted by molar-refractivity contribution is 7.89. The van der Waals surface area contributed by atoms with Gasteiger partial charge in [0.2, 0.25) is 15.9 Å². The van der Waals surface area contributed by atoms with Crippen LogP contribution in [0.1, 0.15) is 41.5 Å². The van der Waals surface area contributed by atoms with Crippen LogP contribution in [-0.2, 0) is 14.8 Å². The maximum Gasteiger partial charge on any atom is 0.243 e. The second-order valence-corrected chi connectivity index (χ2v) is 10.6. The molecular weight excluding hydrogens is 386 g/mol. The number of amides is 1. The van der Waals surface area contributed by atoms with Gasteiger partial charge < -0.3 is 9.80 Å². The van der Waals surface area contributed by atoms with Crippen molar-refractivity contribution in [1.82, 2.24) is 14.1 Å². The van der Waals surface area contributed by atoms with Crippen LogP contribution in [-0.4, -0.2) is 74.7 Å². The van der Waals surface area contributed by atoms with Gasteiger partial charge in [0.15, 0.2) is 0 Å². The van der Waals surface area contributed by atoms with Gasteiger partial charge >= 0.3 is 0 Å². The molecule has 0 N–H and O–H groups in total. The van der Waals surface area contributed by atoms with Crippen LogP contribution in [0.5, 0.6) is 0 Å². The molecule has 162 valence electrons. The van der Waals surface area contributed by atoms with Gasteiger partial charge in [0.1, 0.15) is 0 Å². The Morgan fingerprint density at radius 3 is 2.07 bits per heavy atom. The molecule has 0 spiro atoms.